The van der Waals surface area contributed by atoms with Crippen molar-refractivity contribution in [1.29, 1.82) is 0 Å². The van der Waals surface area contributed by atoms with Crippen molar-refractivity contribution in [2.24, 2.45) is 0 Å². The summed E-state index contributed by atoms with van der Waals surface area (Å²) in [6, 6.07) is 29.5. The zero-order chi connectivity index (χ0) is 33.9. The van der Waals surface area contributed by atoms with E-state index in [1.54, 1.807) is 18.2 Å². The van der Waals surface area contributed by atoms with Crippen LogP contribution >= 0.6 is 11.6 Å². The van der Waals surface area contributed by atoms with Gasteiger partial charge in [-0.3, -0.25) is 9.69 Å². The van der Waals surface area contributed by atoms with Gasteiger partial charge in [0.2, 0.25) is 0 Å². The summed E-state index contributed by atoms with van der Waals surface area (Å²) in [4.78, 5) is 31.9. The number of nitrogens with zero attached hydrogens (tertiary/aromatic N) is 3. The summed E-state index contributed by atoms with van der Waals surface area (Å²) in [7, 11) is 0. The highest BCUT2D eigenvalue weighted by Crippen LogP contribution is 2.35. The number of likely N-dealkylation sites (N-methyl/N-ethyl adjacent to an activating group) is 1. The van der Waals surface area contributed by atoms with Crippen molar-refractivity contribution in [1.82, 2.24) is 4.90 Å². The Morgan fingerprint density at radius 3 is 2.15 bits per heavy atom. The number of anilines is 1. The number of quaternary nitrogens is 1. The maximum Gasteiger partial charge on any atom is 0.335 e. The minimum Gasteiger partial charge on any atom is -0.369 e. The third-order valence-electron chi connectivity index (χ3n) is 10.2. The Labute approximate surface area is 287 Å². The molecular formula is C40H43ClF2N3O2+. The van der Waals surface area contributed by atoms with Crippen LogP contribution in [0.25, 0.3) is 11.1 Å². The first-order chi connectivity index (χ1) is 23.2. The van der Waals surface area contributed by atoms with E-state index in [-0.39, 0.29) is 30.2 Å². The number of aryl methyl sites for hydroxylation is 1. The van der Waals surface area contributed by atoms with Crippen molar-refractivity contribution in [3.8, 4) is 11.1 Å². The maximum absolute atomic E-state index is 14.1. The molecule has 2 aliphatic heterocycles. The first-order valence-electron chi connectivity index (χ1n) is 17.0. The van der Waals surface area contributed by atoms with Crippen molar-refractivity contribution in [3.05, 3.63) is 124 Å². The molecule has 0 N–H and O–H groups in total. The molecule has 5 nitrogen and oxygen atoms in total. The Kier molecular flexibility index (Phi) is 10.1. The Morgan fingerprint density at radius 1 is 0.854 bits per heavy atom. The van der Waals surface area contributed by atoms with Crippen LogP contribution < -0.4 is 4.90 Å². The molecule has 4 aromatic rings. The molecule has 2 fully saturated rings. The third-order valence-corrected chi connectivity index (χ3v) is 10.5. The molecule has 0 spiro atoms. The zero-order valence-corrected chi connectivity index (χ0v) is 28.4. The average Bonchev–Trinajstić information content (AvgIpc) is 3.93. The summed E-state index contributed by atoms with van der Waals surface area (Å²) in [5.74, 6) is -2.60. The first kappa shape index (κ1) is 34.0. The normalized spacial score (nSPS) is 16.8. The van der Waals surface area contributed by atoms with Crippen LogP contribution in [0.15, 0.2) is 97.1 Å². The van der Waals surface area contributed by atoms with Crippen LogP contribution in [0.1, 0.15) is 59.8 Å². The highest BCUT2D eigenvalue weighted by molar-refractivity contribution is 6.31. The van der Waals surface area contributed by atoms with Gasteiger partial charge >= 0.3 is 5.91 Å². The van der Waals surface area contributed by atoms with Gasteiger partial charge in [0, 0.05) is 60.9 Å². The summed E-state index contributed by atoms with van der Waals surface area (Å²) < 4.78 is 28.9. The summed E-state index contributed by atoms with van der Waals surface area (Å²) in [6.45, 7) is 9.37. The summed E-state index contributed by atoms with van der Waals surface area (Å²) in [5, 5.41) is 0.622. The van der Waals surface area contributed by atoms with Crippen LogP contribution in [0, 0.1) is 0 Å². The number of halogens is 3. The van der Waals surface area contributed by atoms with Crippen molar-refractivity contribution in [3.63, 3.8) is 0 Å². The van der Waals surface area contributed by atoms with Gasteiger partial charge in [0.1, 0.15) is 13.1 Å². The summed E-state index contributed by atoms with van der Waals surface area (Å²) in [5.41, 5.74) is 4.99. The highest BCUT2D eigenvalue weighted by Gasteiger charge is 2.53. The third kappa shape index (κ3) is 7.09. The Balaban J connectivity index is 1.09. The SMILES string of the molecule is CCC(F)(F)c1ccc(-c2ccccc2C(=O)CCc2ccc(N3CCN(C(C(=O)[N+]4(CC)CC4)c4ccccc4)CC3)cc2Cl)cc1. The first-order valence-corrected chi connectivity index (χ1v) is 17.4. The van der Waals surface area contributed by atoms with Crippen LogP contribution in [0.5, 0.6) is 0 Å². The van der Waals surface area contributed by atoms with E-state index < -0.39 is 5.92 Å². The van der Waals surface area contributed by atoms with E-state index in [1.165, 1.54) is 19.1 Å². The molecule has 0 radical (unpaired) electrons. The molecule has 250 valence electrons. The lowest BCUT2D eigenvalue weighted by Gasteiger charge is -2.40. The molecular weight excluding hydrogens is 628 g/mol. The van der Waals surface area contributed by atoms with Crippen LogP contribution in [0.3, 0.4) is 0 Å². The van der Waals surface area contributed by atoms with Crippen LogP contribution in [-0.4, -0.2) is 66.9 Å². The van der Waals surface area contributed by atoms with Crippen LogP contribution in [0.2, 0.25) is 5.02 Å². The number of amides is 1. The number of hydrogen-bond acceptors (Lipinski definition) is 4. The van der Waals surface area contributed by atoms with E-state index in [4.69, 9.17) is 11.6 Å². The summed E-state index contributed by atoms with van der Waals surface area (Å²) >= 11 is 6.79. The van der Waals surface area contributed by atoms with E-state index in [0.29, 0.717) is 27.4 Å². The lowest BCUT2D eigenvalue weighted by Crippen LogP contribution is -2.52. The van der Waals surface area contributed by atoms with Crippen molar-refractivity contribution < 1.29 is 22.9 Å². The molecule has 6 rings (SSSR count). The van der Waals surface area contributed by atoms with Crippen LogP contribution in [-0.2, 0) is 17.1 Å². The van der Waals surface area contributed by atoms with E-state index >= 15 is 0 Å². The predicted molar refractivity (Wildman–Crippen MR) is 189 cm³/mol. The second-order valence-electron chi connectivity index (χ2n) is 13.0. The van der Waals surface area contributed by atoms with E-state index in [2.05, 4.69) is 34.9 Å². The average molecular weight is 671 g/mol. The molecule has 0 bridgehead atoms. The molecule has 0 saturated carbocycles. The molecule has 48 heavy (non-hydrogen) atoms. The molecule has 8 heteroatoms. The van der Waals surface area contributed by atoms with E-state index in [0.717, 1.165) is 73.8 Å². The lowest BCUT2D eigenvalue weighted by atomic mass is 9.93. The largest absolute Gasteiger partial charge is 0.369 e. The topological polar surface area (TPSA) is 40.6 Å². The molecule has 1 unspecified atom stereocenters. The molecule has 1 atom stereocenters. The molecule has 2 aliphatic rings. The molecule has 2 heterocycles. The van der Waals surface area contributed by atoms with Gasteiger partial charge in [-0.25, -0.2) is 18.1 Å². The van der Waals surface area contributed by atoms with Crippen LogP contribution in [0.4, 0.5) is 14.5 Å². The second-order valence-corrected chi connectivity index (χ2v) is 13.4. The number of carbonyl (C=O) groups excluding carboxylic acids is 2. The number of benzene rings is 4. The number of alkyl halides is 2. The maximum atomic E-state index is 14.1. The van der Waals surface area contributed by atoms with Crippen molar-refractivity contribution in [2.45, 2.75) is 45.1 Å². The van der Waals surface area contributed by atoms with E-state index in [9.17, 15) is 18.4 Å². The second kappa shape index (κ2) is 14.3. The number of hydrogen-bond donors (Lipinski definition) is 0. The van der Waals surface area contributed by atoms with Crippen molar-refractivity contribution >= 4 is 29.0 Å². The number of Topliss-reactive ketones (excluding diaryl/α,β-unsaturated/α-hetero) is 1. The Bertz CT molecular complexity index is 1750. The Morgan fingerprint density at radius 2 is 1.52 bits per heavy atom. The van der Waals surface area contributed by atoms with Crippen molar-refractivity contribution in [2.75, 3.05) is 50.7 Å². The lowest BCUT2D eigenvalue weighted by molar-refractivity contribution is -0.718. The number of carbonyl (C=O) groups is 2. The summed E-state index contributed by atoms with van der Waals surface area (Å²) in [6.07, 6.45) is 0.492. The monoisotopic (exact) mass is 670 g/mol. The van der Waals surface area contributed by atoms with Gasteiger partial charge in [-0.05, 0) is 47.7 Å². The quantitative estimate of drug-likeness (QED) is 0.0861. The van der Waals surface area contributed by atoms with E-state index in [1.807, 2.05) is 48.5 Å². The molecule has 0 aromatic heterocycles. The highest BCUT2D eigenvalue weighted by atomic mass is 35.5. The number of piperazine rings is 1. The molecule has 1 amide bonds. The number of rotatable bonds is 12. The van der Waals surface area contributed by atoms with Gasteiger partial charge in [-0.1, -0.05) is 103 Å². The van der Waals surface area contributed by atoms with Gasteiger partial charge < -0.3 is 4.90 Å². The fourth-order valence-corrected chi connectivity index (χ4v) is 7.12. The minimum atomic E-state index is -2.88. The fourth-order valence-electron chi connectivity index (χ4n) is 6.85. The van der Waals surface area contributed by atoms with Gasteiger partial charge in [0.25, 0.3) is 5.92 Å². The van der Waals surface area contributed by atoms with Gasteiger partial charge in [-0.2, -0.15) is 0 Å². The van der Waals surface area contributed by atoms with Gasteiger partial charge in [-0.15, -0.1) is 0 Å². The predicted octanol–water partition coefficient (Wildman–Crippen LogP) is 8.56. The number of ketones is 1. The zero-order valence-electron chi connectivity index (χ0n) is 27.7. The molecule has 4 aromatic carbocycles. The standard InChI is InChI=1S/C40H43ClF2N3O2/c1-3-40(42,43)32-18-14-29(15-19-32)34-12-8-9-13-35(34)37(47)21-17-30-16-20-33(28-36(30)41)44-22-24-45(25-23-44)38(31-10-6-5-7-11-31)39(48)46(4-2)26-27-46/h5-16,18-20,28,38H,3-4,17,21-27H2,1-2H3/q+1. The smallest absolute Gasteiger partial charge is 0.335 e. The van der Waals surface area contributed by atoms with Gasteiger partial charge in [0.15, 0.2) is 11.8 Å². The fraction of sp³-hybridized carbons (Fsp3) is 0.350. The minimum absolute atomic E-state index is 0.0259. The molecule has 2 saturated heterocycles. The van der Waals surface area contributed by atoms with Gasteiger partial charge in [0.05, 0.1) is 6.54 Å². The Hall–Kier alpha value is -3.91. The molecule has 0 aliphatic carbocycles.